The highest BCUT2D eigenvalue weighted by atomic mass is 16.5. The Balaban J connectivity index is 2.04. The summed E-state index contributed by atoms with van der Waals surface area (Å²) in [5.41, 5.74) is 12.8. The van der Waals surface area contributed by atoms with Gasteiger partial charge in [-0.15, -0.1) is 0 Å². The van der Waals surface area contributed by atoms with E-state index in [-0.39, 0.29) is 11.9 Å². The number of guanidine groups is 2. The largest absolute Gasteiger partial charge is 0.377 e. The molecule has 1 aromatic rings. The molecule has 0 fully saturated rings. The van der Waals surface area contributed by atoms with Gasteiger partial charge in [0, 0.05) is 26.3 Å². The zero-order chi connectivity index (χ0) is 20.5. The number of unbranched alkanes of at least 4 members (excludes halogenated alkanes) is 4. The van der Waals surface area contributed by atoms with Gasteiger partial charge in [-0.3, -0.25) is 10.8 Å². The van der Waals surface area contributed by atoms with Crippen molar-refractivity contribution in [1.29, 1.82) is 10.8 Å². The molecule has 1 rings (SSSR count). The lowest BCUT2D eigenvalue weighted by atomic mass is 10.1. The van der Waals surface area contributed by atoms with Crippen LogP contribution in [0, 0.1) is 10.8 Å². The van der Waals surface area contributed by atoms with Crippen molar-refractivity contribution in [2.45, 2.75) is 51.7 Å². The molecule has 0 bridgehead atoms. The molecule has 0 radical (unpaired) electrons. The third-order valence-electron chi connectivity index (χ3n) is 4.09. The first kappa shape index (κ1) is 23.7. The molecule has 0 atom stereocenters. The van der Waals surface area contributed by atoms with E-state index in [9.17, 15) is 0 Å². The van der Waals surface area contributed by atoms with E-state index in [2.05, 4.69) is 28.8 Å². The van der Waals surface area contributed by atoms with Crippen LogP contribution in [0.5, 0.6) is 0 Å². The molecule has 1 aromatic carbocycles. The van der Waals surface area contributed by atoms with Gasteiger partial charge in [0.25, 0.3) is 0 Å². The van der Waals surface area contributed by atoms with Gasteiger partial charge in [-0.2, -0.15) is 0 Å². The summed E-state index contributed by atoms with van der Waals surface area (Å²) < 4.78 is 11.5. The van der Waals surface area contributed by atoms with Crippen molar-refractivity contribution in [2.75, 3.05) is 26.3 Å². The van der Waals surface area contributed by atoms with Crippen LogP contribution in [0.3, 0.4) is 0 Å². The lowest BCUT2D eigenvalue weighted by Gasteiger charge is -2.08. The van der Waals surface area contributed by atoms with Gasteiger partial charge >= 0.3 is 0 Å². The minimum atomic E-state index is 0.0297. The summed E-state index contributed by atoms with van der Waals surface area (Å²) >= 11 is 0. The summed E-state index contributed by atoms with van der Waals surface area (Å²) in [6.45, 7) is 4.18. The third kappa shape index (κ3) is 13.8. The summed E-state index contributed by atoms with van der Waals surface area (Å²) in [4.78, 5) is 0. The van der Waals surface area contributed by atoms with Crippen molar-refractivity contribution < 1.29 is 9.47 Å². The molecule has 28 heavy (non-hydrogen) atoms. The van der Waals surface area contributed by atoms with Gasteiger partial charge in [0.2, 0.25) is 0 Å². The first-order valence-corrected chi connectivity index (χ1v) is 9.97. The van der Waals surface area contributed by atoms with Crippen molar-refractivity contribution in [3.05, 3.63) is 35.4 Å². The van der Waals surface area contributed by atoms with Crippen LogP contribution in [0.25, 0.3) is 0 Å². The minimum Gasteiger partial charge on any atom is -0.377 e. The summed E-state index contributed by atoms with van der Waals surface area (Å²) in [6, 6.07) is 8.32. The number of hydrogen-bond acceptors (Lipinski definition) is 4. The smallest absolute Gasteiger partial charge is 0.185 e. The Morgan fingerprint density at radius 3 is 1.64 bits per heavy atom. The molecule has 0 aliphatic rings. The second-order valence-electron chi connectivity index (χ2n) is 6.73. The molecule has 0 saturated heterocycles. The van der Waals surface area contributed by atoms with E-state index in [1.165, 1.54) is 0 Å². The number of hydrogen-bond donors (Lipinski definition) is 6. The van der Waals surface area contributed by atoms with E-state index >= 15 is 0 Å². The highest BCUT2D eigenvalue weighted by Crippen LogP contribution is 2.09. The van der Waals surface area contributed by atoms with Crippen molar-refractivity contribution in [2.24, 2.45) is 11.5 Å². The predicted octanol–water partition coefficient (Wildman–Crippen LogP) is 2.03. The fraction of sp³-hybridized carbons (Fsp3) is 0.600. The number of nitrogens with one attached hydrogen (secondary N) is 4. The average molecular weight is 393 g/mol. The number of nitrogens with two attached hydrogens (primary N) is 2. The van der Waals surface area contributed by atoms with Crippen LogP contribution in [-0.2, 0) is 22.7 Å². The second kappa shape index (κ2) is 15.7. The molecule has 0 heterocycles. The van der Waals surface area contributed by atoms with Crippen LogP contribution >= 0.6 is 0 Å². The molecular weight excluding hydrogens is 356 g/mol. The van der Waals surface area contributed by atoms with Crippen LogP contribution < -0.4 is 22.1 Å². The van der Waals surface area contributed by atoms with Crippen molar-refractivity contribution in [3.63, 3.8) is 0 Å². The number of benzene rings is 1. The van der Waals surface area contributed by atoms with Crippen LogP contribution in [0.2, 0.25) is 0 Å². The maximum Gasteiger partial charge on any atom is 0.185 e. The molecule has 0 aromatic heterocycles. The van der Waals surface area contributed by atoms with Crippen molar-refractivity contribution in [1.82, 2.24) is 10.6 Å². The van der Waals surface area contributed by atoms with Crippen LogP contribution in [0.1, 0.15) is 49.7 Å². The number of ether oxygens (including phenoxy) is 2. The Hall–Kier alpha value is -2.32. The molecule has 0 spiro atoms. The molecule has 0 aliphatic carbocycles. The van der Waals surface area contributed by atoms with Gasteiger partial charge in [0.05, 0.1) is 13.2 Å². The van der Waals surface area contributed by atoms with Gasteiger partial charge in [0.15, 0.2) is 11.9 Å². The van der Waals surface area contributed by atoms with E-state index in [0.717, 1.165) is 76.0 Å². The zero-order valence-corrected chi connectivity index (χ0v) is 16.8. The normalized spacial score (nSPS) is 10.6. The molecule has 8 N–H and O–H groups in total. The van der Waals surface area contributed by atoms with Gasteiger partial charge in [-0.1, -0.05) is 24.3 Å². The highest BCUT2D eigenvalue weighted by Gasteiger charge is 1.99. The summed E-state index contributed by atoms with van der Waals surface area (Å²) in [6.07, 6.45) is 6.10. The van der Waals surface area contributed by atoms with Crippen LogP contribution in [-0.4, -0.2) is 38.2 Å². The maximum atomic E-state index is 7.07. The molecule has 8 nitrogen and oxygen atoms in total. The fourth-order valence-electron chi connectivity index (χ4n) is 2.65. The quantitative estimate of drug-likeness (QED) is 0.144. The van der Waals surface area contributed by atoms with Crippen LogP contribution in [0.15, 0.2) is 24.3 Å². The van der Waals surface area contributed by atoms with Crippen molar-refractivity contribution >= 4 is 11.9 Å². The SMILES string of the molecule is N=C(N)NCCCCCOCc1cccc(COCCCCCNC(=N)N)c1. The van der Waals surface area contributed by atoms with Gasteiger partial charge in [-0.05, 0) is 49.7 Å². The van der Waals surface area contributed by atoms with E-state index in [0.29, 0.717) is 13.2 Å². The highest BCUT2D eigenvalue weighted by molar-refractivity contribution is 5.74. The zero-order valence-electron chi connectivity index (χ0n) is 16.8. The Bertz CT molecular complexity index is 522. The average Bonchev–Trinajstić information content (AvgIpc) is 2.66. The Morgan fingerprint density at radius 1 is 0.750 bits per heavy atom. The van der Waals surface area contributed by atoms with E-state index in [1.807, 2.05) is 6.07 Å². The standard InChI is InChI=1S/C20H36N6O2/c21-19(22)25-10-3-1-5-12-27-15-17-8-7-9-18(14-17)16-28-13-6-2-4-11-26-20(23)24/h7-9,14H,1-6,10-13,15-16H2,(H4,21,22,25)(H4,23,24,26). The summed E-state index contributed by atoms with van der Waals surface area (Å²) in [5.74, 6) is 0.0594. The molecule has 8 heteroatoms. The molecular formula is C20H36N6O2. The van der Waals surface area contributed by atoms with Crippen molar-refractivity contribution in [3.8, 4) is 0 Å². The maximum absolute atomic E-state index is 7.07. The second-order valence-corrected chi connectivity index (χ2v) is 6.73. The van der Waals surface area contributed by atoms with Crippen LogP contribution in [0.4, 0.5) is 0 Å². The predicted molar refractivity (Wildman–Crippen MR) is 113 cm³/mol. The fourth-order valence-corrected chi connectivity index (χ4v) is 2.65. The minimum absolute atomic E-state index is 0.0297. The Kier molecular flexibility index (Phi) is 13.3. The number of rotatable bonds is 16. The van der Waals surface area contributed by atoms with E-state index < -0.39 is 0 Å². The molecule has 0 aliphatic heterocycles. The molecule has 158 valence electrons. The topological polar surface area (TPSA) is 142 Å². The van der Waals surface area contributed by atoms with E-state index in [4.69, 9.17) is 31.8 Å². The lowest BCUT2D eigenvalue weighted by molar-refractivity contribution is 0.113. The summed E-state index contributed by atoms with van der Waals surface area (Å²) in [7, 11) is 0. The first-order chi connectivity index (χ1) is 13.6. The Morgan fingerprint density at radius 2 is 1.21 bits per heavy atom. The van der Waals surface area contributed by atoms with E-state index in [1.54, 1.807) is 0 Å². The molecule has 0 amide bonds. The lowest BCUT2D eigenvalue weighted by Crippen LogP contribution is -2.30. The molecule has 0 saturated carbocycles. The Labute approximate surface area is 168 Å². The first-order valence-electron chi connectivity index (χ1n) is 9.97. The molecule has 0 unspecified atom stereocenters. The third-order valence-corrected chi connectivity index (χ3v) is 4.09. The monoisotopic (exact) mass is 392 g/mol. The summed E-state index contributed by atoms with van der Waals surface area (Å²) in [5, 5.41) is 19.7. The van der Waals surface area contributed by atoms with Gasteiger partial charge in [-0.25, -0.2) is 0 Å². The van der Waals surface area contributed by atoms with Gasteiger partial charge < -0.3 is 31.6 Å². The van der Waals surface area contributed by atoms with Gasteiger partial charge in [0.1, 0.15) is 0 Å².